The number of hydrogen-bond acceptors (Lipinski definition) is 4. The lowest BCUT2D eigenvalue weighted by Gasteiger charge is -2.03. The van der Waals surface area contributed by atoms with E-state index >= 15 is 0 Å². The van der Waals surface area contributed by atoms with E-state index in [1.807, 2.05) is 18.2 Å². The summed E-state index contributed by atoms with van der Waals surface area (Å²) >= 11 is 1.33. The number of phenolic OH excluding ortho intramolecular Hbond substituents is 2. The van der Waals surface area contributed by atoms with Crippen LogP contribution in [0.15, 0.2) is 53.4 Å². The van der Waals surface area contributed by atoms with Gasteiger partial charge in [-0.05, 0) is 18.2 Å². The van der Waals surface area contributed by atoms with E-state index in [1.54, 1.807) is 18.2 Å². The first kappa shape index (κ1) is 12.5. The molecule has 0 unspecified atom stereocenters. The first-order valence-electron chi connectivity index (χ1n) is 5.40. The van der Waals surface area contributed by atoms with Crippen LogP contribution in [0, 0.1) is 0 Å². The van der Waals surface area contributed by atoms with E-state index in [1.165, 1.54) is 23.9 Å². The first-order valence-corrected chi connectivity index (χ1v) is 6.38. The fourth-order valence-electron chi connectivity index (χ4n) is 1.45. The predicted molar refractivity (Wildman–Crippen MR) is 71.3 cm³/mol. The molecule has 0 radical (unpaired) electrons. The predicted octanol–water partition coefficient (Wildman–Crippen LogP) is 3.07. The van der Waals surface area contributed by atoms with E-state index < -0.39 is 0 Å². The van der Waals surface area contributed by atoms with Crippen LogP contribution in [-0.2, 0) is 0 Å². The van der Waals surface area contributed by atoms with Crippen molar-refractivity contribution in [3.63, 3.8) is 0 Å². The zero-order valence-electron chi connectivity index (χ0n) is 9.54. The van der Waals surface area contributed by atoms with Crippen LogP contribution in [0.4, 0.5) is 0 Å². The molecule has 0 aromatic heterocycles. The van der Waals surface area contributed by atoms with Crippen molar-refractivity contribution >= 4 is 17.5 Å². The molecule has 18 heavy (non-hydrogen) atoms. The second-order valence-corrected chi connectivity index (χ2v) is 4.78. The van der Waals surface area contributed by atoms with E-state index in [4.69, 9.17) is 0 Å². The Balaban J connectivity index is 1.99. The van der Waals surface area contributed by atoms with Crippen molar-refractivity contribution in [2.45, 2.75) is 4.90 Å². The zero-order valence-corrected chi connectivity index (χ0v) is 10.4. The van der Waals surface area contributed by atoms with Crippen LogP contribution in [0.5, 0.6) is 11.5 Å². The molecule has 2 rings (SSSR count). The maximum Gasteiger partial charge on any atom is 0.173 e. The number of benzene rings is 2. The van der Waals surface area contributed by atoms with Gasteiger partial charge in [0.05, 0.1) is 5.75 Å². The van der Waals surface area contributed by atoms with E-state index in [9.17, 15) is 15.0 Å². The topological polar surface area (TPSA) is 57.5 Å². The Bertz CT molecular complexity index is 552. The summed E-state index contributed by atoms with van der Waals surface area (Å²) in [6.45, 7) is 0. The van der Waals surface area contributed by atoms with Crippen LogP contribution >= 0.6 is 11.8 Å². The van der Waals surface area contributed by atoms with Gasteiger partial charge in [-0.2, -0.15) is 0 Å². The van der Waals surface area contributed by atoms with Gasteiger partial charge in [0, 0.05) is 10.5 Å². The maximum atomic E-state index is 11.8. The van der Waals surface area contributed by atoms with Gasteiger partial charge in [0.2, 0.25) is 0 Å². The largest absolute Gasteiger partial charge is 0.504 e. The molecule has 92 valence electrons. The highest BCUT2D eigenvalue weighted by atomic mass is 32.2. The Morgan fingerprint density at radius 3 is 2.39 bits per heavy atom. The van der Waals surface area contributed by atoms with Gasteiger partial charge in [0.25, 0.3) is 0 Å². The van der Waals surface area contributed by atoms with Crippen LogP contribution in [0.3, 0.4) is 0 Å². The molecule has 0 spiro atoms. The summed E-state index contributed by atoms with van der Waals surface area (Å²) in [6.07, 6.45) is 0. The number of phenols is 2. The summed E-state index contributed by atoms with van der Waals surface area (Å²) in [5, 5.41) is 18.5. The number of thioether (sulfide) groups is 1. The quantitative estimate of drug-likeness (QED) is 0.504. The highest BCUT2D eigenvalue weighted by molar-refractivity contribution is 8.00. The third-order valence-corrected chi connectivity index (χ3v) is 3.41. The van der Waals surface area contributed by atoms with E-state index in [-0.39, 0.29) is 17.3 Å². The van der Waals surface area contributed by atoms with Crippen LogP contribution < -0.4 is 0 Å². The van der Waals surface area contributed by atoms with Gasteiger partial charge < -0.3 is 10.2 Å². The highest BCUT2D eigenvalue weighted by Crippen LogP contribution is 2.30. The molecule has 0 aliphatic heterocycles. The van der Waals surface area contributed by atoms with Gasteiger partial charge in [0.15, 0.2) is 17.3 Å². The fraction of sp³-hybridized carbons (Fsp3) is 0.0714. The molecule has 3 nitrogen and oxygen atoms in total. The van der Waals surface area contributed by atoms with Crippen molar-refractivity contribution in [2.75, 3.05) is 5.75 Å². The lowest BCUT2D eigenvalue weighted by Crippen LogP contribution is -2.01. The molecule has 2 N–H and O–H groups in total. The molecule has 0 heterocycles. The van der Waals surface area contributed by atoms with E-state index in [0.29, 0.717) is 11.3 Å². The second kappa shape index (κ2) is 5.60. The number of hydrogen-bond donors (Lipinski definition) is 2. The van der Waals surface area contributed by atoms with Crippen molar-refractivity contribution < 1.29 is 15.0 Å². The van der Waals surface area contributed by atoms with Crippen LogP contribution in [0.2, 0.25) is 0 Å². The molecular formula is C14H12O3S. The minimum atomic E-state index is -0.174. The number of ketones is 1. The molecule has 2 aromatic rings. The van der Waals surface area contributed by atoms with Crippen LogP contribution in [0.1, 0.15) is 10.4 Å². The summed E-state index contributed by atoms with van der Waals surface area (Å²) in [7, 11) is 0. The average molecular weight is 260 g/mol. The summed E-state index contributed by atoms with van der Waals surface area (Å²) < 4.78 is 0. The molecule has 0 fully saturated rings. The second-order valence-electron chi connectivity index (χ2n) is 3.73. The van der Waals surface area contributed by atoms with Gasteiger partial charge in [-0.25, -0.2) is 0 Å². The number of aromatic hydroxyl groups is 2. The van der Waals surface area contributed by atoms with Gasteiger partial charge in [-0.15, -0.1) is 11.8 Å². The average Bonchev–Trinajstić information content (AvgIpc) is 2.41. The molecule has 0 bridgehead atoms. The Hall–Kier alpha value is -1.94. The fourth-order valence-corrected chi connectivity index (χ4v) is 2.27. The van der Waals surface area contributed by atoms with Gasteiger partial charge in [-0.3, -0.25) is 4.79 Å². The van der Waals surface area contributed by atoms with Crippen LogP contribution in [0.25, 0.3) is 0 Å². The molecule has 2 aromatic carbocycles. The standard InChI is InChI=1S/C14H12O3S/c15-12-7-6-11(8-13(12)16)18-9-14(17)10-4-2-1-3-5-10/h1-8,15-16H,9H2. The molecule has 4 heteroatoms. The van der Waals surface area contributed by atoms with Crippen molar-refractivity contribution in [3.05, 3.63) is 54.1 Å². The summed E-state index contributed by atoms with van der Waals surface area (Å²) in [4.78, 5) is 12.6. The summed E-state index contributed by atoms with van der Waals surface area (Å²) in [5.41, 5.74) is 0.674. The monoisotopic (exact) mass is 260 g/mol. The highest BCUT2D eigenvalue weighted by Gasteiger charge is 2.07. The SMILES string of the molecule is O=C(CSc1ccc(O)c(O)c1)c1ccccc1. The van der Waals surface area contributed by atoms with Crippen LogP contribution in [-0.4, -0.2) is 21.7 Å². The minimum Gasteiger partial charge on any atom is -0.504 e. The maximum absolute atomic E-state index is 11.8. The molecule has 0 aliphatic carbocycles. The normalized spacial score (nSPS) is 10.2. The molecular weight excluding hydrogens is 248 g/mol. The van der Waals surface area contributed by atoms with Crippen molar-refractivity contribution in [3.8, 4) is 11.5 Å². The molecule has 0 atom stereocenters. The van der Waals surface area contributed by atoms with Crippen molar-refractivity contribution in [1.82, 2.24) is 0 Å². The van der Waals surface area contributed by atoms with Gasteiger partial charge in [-0.1, -0.05) is 30.3 Å². The van der Waals surface area contributed by atoms with Gasteiger partial charge >= 0.3 is 0 Å². The number of rotatable bonds is 4. The van der Waals surface area contributed by atoms with Crippen molar-refractivity contribution in [1.29, 1.82) is 0 Å². The Labute approximate surface area is 109 Å². The molecule has 0 saturated heterocycles. The third-order valence-electron chi connectivity index (χ3n) is 2.41. The molecule has 0 saturated carbocycles. The van der Waals surface area contributed by atoms with Gasteiger partial charge in [0.1, 0.15) is 0 Å². The number of carbonyl (C=O) groups is 1. The van der Waals surface area contributed by atoms with Crippen molar-refractivity contribution in [2.24, 2.45) is 0 Å². The molecule has 0 amide bonds. The third kappa shape index (κ3) is 3.05. The Morgan fingerprint density at radius 1 is 1.00 bits per heavy atom. The first-order chi connectivity index (χ1) is 8.66. The smallest absolute Gasteiger partial charge is 0.173 e. The van der Waals surface area contributed by atoms with E-state index in [0.717, 1.165) is 4.90 Å². The number of carbonyl (C=O) groups excluding carboxylic acids is 1. The lowest BCUT2D eigenvalue weighted by molar-refractivity contribution is 0.102. The molecule has 0 aliphatic rings. The Morgan fingerprint density at radius 2 is 1.72 bits per heavy atom. The summed E-state index contributed by atoms with van der Waals surface area (Å²) in [6, 6.07) is 13.6. The Kier molecular flexibility index (Phi) is 3.89. The zero-order chi connectivity index (χ0) is 13.0. The number of Topliss-reactive ketones (excluding diaryl/α,β-unsaturated/α-hetero) is 1. The minimum absolute atomic E-state index is 0.0353. The lowest BCUT2D eigenvalue weighted by atomic mass is 10.2. The van der Waals surface area contributed by atoms with E-state index in [2.05, 4.69) is 0 Å². The summed E-state index contributed by atoms with van der Waals surface area (Å²) in [5.74, 6) is 0.00266.